The third-order valence-corrected chi connectivity index (χ3v) is 3.97. The largest absolute Gasteiger partial charge is 0.324 e. The smallest absolute Gasteiger partial charge is 0.137 e. The lowest BCUT2D eigenvalue weighted by Gasteiger charge is -2.23. The van der Waals surface area contributed by atoms with E-state index in [1.54, 1.807) is 0 Å². The summed E-state index contributed by atoms with van der Waals surface area (Å²) in [5.74, 6) is -0.710. The fourth-order valence-electron chi connectivity index (χ4n) is 2.15. The second-order valence-electron chi connectivity index (χ2n) is 4.62. The van der Waals surface area contributed by atoms with E-state index in [2.05, 4.69) is 22.9 Å². The van der Waals surface area contributed by atoms with Crippen molar-refractivity contribution < 1.29 is 8.78 Å². The molecule has 0 bridgehead atoms. The van der Waals surface area contributed by atoms with Gasteiger partial charge in [-0.05, 0) is 40.4 Å². The first-order valence-electron chi connectivity index (χ1n) is 6.41. The van der Waals surface area contributed by atoms with Crippen LogP contribution in [0.3, 0.4) is 0 Å². The molecule has 0 aliphatic heterocycles. The van der Waals surface area contributed by atoms with Crippen LogP contribution < -0.4 is 5.73 Å². The molecule has 2 N–H and O–H groups in total. The van der Waals surface area contributed by atoms with Gasteiger partial charge >= 0.3 is 0 Å². The minimum Gasteiger partial charge on any atom is -0.324 e. The Balaban J connectivity index is 2.94. The lowest BCUT2D eigenvalue weighted by molar-refractivity contribution is 0.368. The third kappa shape index (κ3) is 3.75. The molecule has 1 rings (SSSR count). The highest BCUT2D eigenvalue weighted by Gasteiger charge is 2.21. The summed E-state index contributed by atoms with van der Waals surface area (Å²) in [4.78, 5) is 0. The second-order valence-corrected chi connectivity index (χ2v) is 5.48. The van der Waals surface area contributed by atoms with Crippen molar-refractivity contribution in [3.05, 3.63) is 33.8 Å². The Morgan fingerprint density at radius 3 is 2.44 bits per heavy atom. The van der Waals surface area contributed by atoms with Crippen molar-refractivity contribution in [2.75, 3.05) is 0 Å². The minimum absolute atomic E-state index is 0.137. The van der Waals surface area contributed by atoms with E-state index < -0.39 is 17.7 Å². The Labute approximate surface area is 116 Å². The SMILES string of the molecule is CCCCC(CC)C(N)c1cc(F)c(Br)cc1F. The first kappa shape index (κ1) is 15.6. The molecule has 0 aliphatic rings. The predicted molar refractivity (Wildman–Crippen MR) is 74.3 cm³/mol. The predicted octanol–water partition coefficient (Wildman–Crippen LogP) is 4.94. The van der Waals surface area contributed by atoms with E-state index in [-0.39, 0.29) is 16.0 Å². The maximum atomic E-state index is 13.8. The molecule has 2 unspecified atom stereocenters. The Morgan fingerprint density at radius 2 is 1.89 bits per heavy atom. The van der Waals surface area contributed by atoms with E-state index in [1.807, 2.05) is 6.92 Å². The number of hydrogen-bond donors (Lipinski definition) is 1. The van der Waals surface area contributed by atoms with Gasteiger partial charge in [0.2, 0.25) is 0 Å². The molecule has 0 radical (unpaired) electrons. The van der Waals surface area contributed by atoms with Crippen LogP contribution in [0.5, 0.6) is 0 Å². The molecule has 1 aromatic carbocycles. The van der Waals surface area contributed by atoms with Crippen molar-refractivity contribution in [1.82, 2.24) is 0 Å². The fraction of sp³-hybridized carbons (Fsp3) is 0.571. The van der Waals surface area contributed by atoms with Gasteiger partial charge in [-0.1, -0.05) is 33.1 Å². The number of rotatable bonds is 6. The molecule has 1 nitrogen and oxygen atoms in total. The Bertz CT molecular complexity index is 396. The topological polar surface area (TPSA) is 26.0 Å². The zero-order valence-corrected chi connectivity index (χ0v) is 12.4. The Hall–Kier alpha value is -0.480. The van der Waals surface area contributed by atoms with Crippen LogP contribution >= 0.6 is 15.9 Å². The second kappa shape index (κ2) is 7.19. The highest BCUT2D eigenvalue weighted by atomic mass is 79.9. The Kier molecular flexibility index (Phi) is 6.22. The summed E-state index contributed by atoms with van der Waals surface area (Å²) < 4.78 is 27.4. The summed E-state index contributed by atoms with van der Waals surface area (Å²) in [6.07, 6.45) is 3.97. The van der Waals surface area contributed by atoms with Gasteiger partial charge in [0.15, 0.2) is 0 Å². The van der Waals surface area contributed by atoms with Crippen molar-refractivity contribution in [1.29, 1.82) is 0 Å². The molecule has 0 saturated carbocycles. The van der Waals surface area contributed by atoms with Gasteiger partial charge < -0.3 is 5.73 Å². The molecule has 0 aromatic heterocycles. The van der Waals surface area contributed by atoms with Crippen LogP contribution in [0.1, 0.15) is 51.1 Å². The van der Waals surface area contributed by atoms with Gasteiger partial charge in [-0.15, -0.1) is 0 Å². The molecule has 0 saturated heterocycles. The lowest BCUT2D eigenvalue weighted by atomic mass is 9.87. The molecule has 4 heteroatoms. The molecular weight excluding hydrogens is 300 g/mol. The molecule has 1 aromatic rings. The van der Waals surface area contributed by atoms with Crippen LogP contribution in [-0.4, -0.2) is 0 Å². The van der Waals surface area contributed by atoms with Crippen molar-refractivity contribution in [2.45, 2.75) is 45.6 Å². The number of benzene rings is 1. The van der Waals surface area contributed by atoms with Crippen molar-refractivity contribution >= 4 is 15.9 Å². The maximum Gasteiger partial charge on any atom is 0.137 e. The molecule has 0 spiro atoms. The lowest BCUT2D eigenvalue weighted by Crippen LogP contribution is -2.22. The standard InChI is InChI=1S/C14H20BrF2N/c1-3-5-6-9(4-2)14(18)10-7-13(17)11(15)8-12(10)16/h7-9,14H,3-6,18H2,1-2H3. The van der Waals surface area contributed by atoms with Gasteiger partial charge in [0.05, 0.1) is 4.47 Å². The molecule has 102 valence electrons. The van der Waals surface area contributed by atoms with Crippen molar-refractivity contribution in [3.63, 3.8) is 0 Å². The van der Waals surface area contributed by atoms with Gasteiger partial charge in [-0.2, -0.15) is 0 Å². The quantitative estimate of drug-likeness (QED) is 0.738. The van der Waals surface area contributed by atoms with Gasteiger partial charge in [-0.3, -0.25) is 0 Å². The van der Waals surface area contributed by atoms with Crippen LogP contribution in [0.25, 0.3) is 0 Å². The molecule has 0 aliphatic carbocycles. The van der Waals surface area contributed by atoms with Gasteiger partial charge in [0, 0.05) is 11.6 Å². The normalized spacial score (nSPS) is 14.6. The molecule has 18 heavy (non-hydrogen) atoms. The molecule has 2 atom stereocenters. The number of hydrogen-bond acceptors (Lipinski definition) is 1. The van der Waals surface area contributed by atoms with Gasteiger partial charge in [-0.25, -0.2) is 8.78 Å². The van der Waals surface area contributed by atoms with Crippen LogP contribution in [0, 0.1) is 17.6 Å². The summed E-state index contributed by atoms with van der Waals surface area (Å²) in [5, 5.41) is 0. The minimum atomic E-state index is -0.466. The zero-order chi connectivity index (χ0) is 13.7. The monoisotopic (exact) mass is 319 g/mol. The number of nitrogens with two attached hydrogens (primary N) is 1. The van der Waals surface area contributed by atoms with E-state index in [9.17, 15) is 8.78 Å². The average molecular weight is 320 g/mol. The average Bonchev–Trinajstić information content (AvgIpc) is 2.34. The first-order chi connectivity index (χ1) is 8.51. The summed E-state index contributed by atoms with van der Waals surface area (Å²) in [6, 6.07) is 1.92. The Morgan fingerprint density at radius 1 is 1.22 bits per heavy atom. The molecular formula is C14H20BrF2N. The molecule has 0 heterocycles. The highest BCUT2D eigenvalue weighted by Crippen LogP contribution is 2.31. The third-order valence-electron chi connectivity index (χ3n) is 3.36. The van der Waals surface area contributed by atoms with E-state index in [0.29, 0.717) is 0 Å². The van der Waals surface area contributed by atoms with Gasteiger partial charge in [0.1, 0.15) is 11.6 Å². The zero-order valence-electron chi connectivity index (χ0n) is 10.8. The van der Waals surface area contributed by atoms with E-state index in [1.165, 1.54) is 6.07 Å². The van der Waals surface area contributed by atoms with Crippen LogP contribution in [0.4, 0.5) is 8.78 Å². The summed E-state index contributed by atoms with van der Waals surface area (Å²) in [5.41, 5.74) is 6.36. The first-order valence-corrected chi connectivity index (χ1v) is 7.20. The molecule has 0 fully saturated rings. The van der Waals surface area contributed by atoms with E-state index >= 15 is 0 Å². The summed E-state index contributed by atoms with van der Waals surface area (Å²) >= 11 is 2.97. The van der Waals surface area contributed by atoms with Gasteiger partial charge in [0.25, 0.3) is 0 Å². The van der Waals surface area contributed by atoms with E-state index in [0.717, 1.165) is 31.7 Å². The van der Waals surface area contributed by atoms with Crippen molar-refractivity contribution in [2.24, 2.45) is 11.7 Å². The number of halogens is 3. The van der Waals surface area contributed by atoms with E-state index in [4.69, 9.17) is 5.73 Å². The van der Waals surface area contributed by atoms with Crippen LogP contribution in [0.2, 0.25) is 0 Å². The number of unbranched alkanes of at least 4 members (excludes halogenated alkanes) is 1. The summed E-state index contributed by atoms with van der Waals surface area (Å²) in [6.45, 7) is 4.14. The van der Waals surface area contributed by atoms with Crippen LogP contribution in [0.15, 0.2) is 16.6 Å². The van der Waals surface area contributed by atoms with Crippen molar-refractivity contribution in [3.8, 4) is 0 Å². The van der Waals surface area contributed by atoms with Crippen LogP contribution in [-0.2, 0) is 0 Å². The maximum absolute atomic E-state index is 13.8. The fourth-order valence-corrected chi connectivity index (χ4v) is 2.47. The highest BCUT2D eigenvalue weighted by molar-refractivity contribution is 9.10. The molecule has 0 amide bonds. The summed E-state index contributed by atoms with van der Waals surface area (Å²) in [7, 11) is 0.